The zero-order valence-corrected chi connectivity index (χ0v) is 19.2. The molecule has 2 aliphatic rings. The predicted octanol–water partition coefficient (Wildman–Crippen LogP) is 3.97. The van der Waals surface area contributed by atoms with Crippen LogP contribution in [0.15, 0.2) is 24.3 Å². The summed E-state index contributed by atoms with van der Waals surface area (Å²) in [6, 6.07) is 6.41. The highest BCUT2D eigenvalue weighted by atomic mass is 19.4. The molecule has 0 bridgehead atoms. The number of hydrogen-bond acceptors (Lipinski definition) is 6. The summed E-state index contributed by atoms with van der Waals surface area (Å²) in [6.45, 7) is 7.24. The van der Waals surface area contributed by atoms with Crippen molar-refractivity contribution in [2.75, 3.05) is 7.11 Å². The standard InChI is InChI=1S/C23H27BF3NO5/c1-21(2)22(3,4)33-24(32-21)17-8-6-7-15-14(17)9-10-18(15)31-20-16(23(25,26)27)11-13(12-29)19(28-20)30-5/h6-8,11,18,29H,9-10,12H2,1-5H3. The number of nitrogens with zero attached hydrogens (tertiary/aromatic N) is 1. The van der Waals surface area contributed by atoms with Gasteiger partial charge in [0.1, 0.15) is 11.7 Å². The first-order valence-electron chi connectivity index (χ1n) is 10.8. The predicted molar refractivity (Wildman–Crippen MR) is 116 cm³/mol. The third-order valence-corrected chi connectivity index (χ3v) is 6.71. The van der Waals surface area contributed by atoms with Crippen molar-refractivity contribution in [3.8, 4) is 11.8 Å². The molecule has 1 fully saturated rings. The van der Waals surface area contributed by atoms with E-state index in [2.05, 4.69) is 4.98 Å². The topological polar surface area (TPSA) is 70.0 Å². The van der Waals surface area contributed by atoms with Gasteiger partial charge in [0.25, 0.3) is 0 Å². The number of alkyl halides is 3. The molecule has 1 aliphatic carbocycles. The fourth-order valence-electron chi connectivity index (χ4n) is 4.20. The van der Waals surface area contributed by atoms with E-state index < -0.39 is 48.7 Å². The van der Waals surface area contributed by atoms with Gasteiger partial charge in [0, 0.05) is 5.56 Å². The van der Waals surface area contributed by atoms with Gasteiger partial charge >= 0.3 is 13.3 Å². The number of fused-ring (bicyclic) bond motifs is 1. The van der Waals surface area contributed by atoms with Crippen LogP contribution in [0, 0.1) is 0 Å². The average Bonchev–Trinajstić information content (AvgIpc) is 3.23. The van der Waals surface area contributed by atoms with Crippen molar-refractivity contribution >= 4 is 12.6 Å². The Bertz CT molecular complexity index is 1040. The number of benzene rings is 1. The van der Waals surface area contributed by atoms with E-state index in [4.69, 9.17) is 18.8 Å². The van der Waals surface area contributed by atoms with Gasteiger partial charge in [-0.2, -0.15) is 18.2 Å². The Labute approximate surface area is 191 Å². The number of aromatic nitrogens is 1. The number of rotatable bonds is 5. The molecule has 10 heteroatoms. The van der Waals surface area contributed by atoms with Gasteiger partial charge in [0.05, 0.1) is 24.9 Å². The van der Waals surface area contributed by atoms with Crippen LogP contribution in [-0.2, 0) is 28.5 Å². The lowest BCUT2D eigenvalue weighted by molar-refractivity contribution is -0.139. The molecule has 2 heterocycles. The van der Waals surface area contributed by atoms with Crippen LogP contribution in [0.5, 0.6) is 11.8 Å². The maximum Gasteiger partial charge on any atom is 0.495 e. The maximum atomic E-state index is 13.7. The molecule has 0 spiro atoms. The number of aliphatic hydroxyl groups is 1. The van der Waals surface area contributed by atoms with Crippen molar-refractivity contribution in [2.45, 2.75) is 70.6 Å². The smallest absolute Gasteiger partial charge is 0.481 e. The molecule has 1 N–H and O–H groups in total. The zero-order chi connectivity index (χ0) is 24.2. The van der Waals surface area contributed by atoms with Gasteiger partial charge in [-0.1, -0.05) is 18.2 Å². The molecule has 1 atom stereocenters. The van der Waals surface area contributed by atoms with E-state index >= 15 is 0 Å². The fraction of sp³-hybridized carbons (Fsp3) is 0.522. The number of methoxy groups -OCH3 is 1. The van der Waals surface area contributed by atoms with E-state index in [1.807, 2.05) is 45.9 Å². The Morgan fingerprint density at radius 2 is 1.82 bits per heavy atom. The number of hydrogen-bond donors (Lipinski definition) is 1. The van der Waals surface area contributed by atoms with Crippen LogP contribution in [0.3, 0.4) is 0 Å². The number of halogens is 3. The monoisotopic (exact) mass is 465 g/mol. The van der Waals surface area contributed by atoms with Crippen molar-refractivity contribution < 1.29 is 37.1 Å². The zero-order valence-electron chi connectivity index (χ0n) is 19.2. The van der Waals surface area contributed by atoms with E-state index in [0.717, 1.165) is 22.7 Å². The van der Waals surface area contributed by atoms with E-state index in [1.54, 1.807) is 0 Å². The van der Waals surface area contributed by atoms with Gasteiger partial charge < -0.3 is 23.9 Å². The van der Waals surface area contributed by atoms with Crippen molar-refractivity contribution in [1.29, 1.82) is 0 Å². The number of ether oxygens (including phenoxy) is 2. The highest BCUT2D eigenvalue weighted by Crippen LogP contribution is 2.43. The minimum atomic E-state index is -4.70. The first-order chi connectivity index (χ1) is 15.4. The summed E-state index contributed by atoms with van der Waals surface area (Å²) in [7, 11) is 0.705. The first kappa shape index (κ1) is 23.8. The molecule has 178 valence electrons. The Morgan fingerprint density at radius 3 is 2.39 bits per heavy atom. The molecule has 1 saturated heterocycles. The molecule has 1 aliphatic heterocycles. The van der Waals surface area contributed by atoms with Crippen LogP contribution >= 0.6 is 0 Å². The van der Waals surface area contributed by atoms with Crippen molar-refractivity contribution in [2.24, 2.45) is 0 Å². The highest BCUT2D eigenvalue weighted by molar-refractivity contribution is 6.62. The summed E-state index contributed by atoms with van der Waals surface area (Å²) < 4.78 is 64.4. The second-order valence-electron chi connectivity index (χ2n) is 9.31. The van der Waals surface area contributed by atoms with Gasteiger partial charge in [-0.15, -0.1) is 0 Å². The van der Waals surface area contributed by atoms with Crippen molar-refractivity contribution in [3.05, 3.63) is 46.5 Å². The third kappa shape index (κ3) is 4.20. The molecule has 0 amide bonds. The summed E-state index contributed by atoms with van der Waals surface area (Å²) in [6.07, 6.45) is -4.24. The van der Waals surface area contributed by atoms with Crippen LogP contribution in [-0.4, -0.2) is 35.5 Å². The van der Waals surface area contributed by atoms with Crippen LogP contribution in [0.2, 0.25) is 0 Å². The Morgan fingerprint density at radius 1 is 1.15 bits per heavy atom. The summed E-state index contributed by atoms with van der Waals surface area (Å²) in [5.41, 5.74) is 0.455. The number of pyridine rings is 1. The normalized spacial score (nSPS) is 21.2. The van der Waals surface area contributed by atoms with Gasteiger partial charge in [0.2, 0.25) is 11.8 Å². The van der Waals surface area contributed by atoms with Crippen LogP contribution < -0.4 is 14.9 Å². The summed E-state index contributed by atoms with van der Waals surface area (Å²) in [5.74, 6) is -0.680. The van der Waals surface area contributed by atoms with E-state index in [1.165, 1.54) is 7.11 Å². The second kappa shape index (κ2) is 8.18. The minimum absolute atomic E-state index is 0.0629. The summed E-state index contributed by atoms with van der Waals surface area (Å²) in [5, 5.41) is 9.40. The molecule has 1 aromatic heterocycles. The Hall–Kier alpha value is -2.30. The van der Waals surface area contributed by atoms with E-state index in [0.29, 0.717) is 12.8 Å². The lowest BCUT2D eigenvalue weighted by Gasteiger charge is -2.32. The molecular weight excluding hydrogens is 438 g/mol. The minimum Gasteiger partial charge on any atom is -0.481 e. The molecule has 0 radical (unpaired) electrons. The van der Waals surface area contributed by atoms with Crippen LogP contribution in [0.25, 0.3) is 0 Å². The van der Waals surface area contributed by atoms with Crippen LogP contribution in [0.1, 0.15) is 62.5 Å². The summed E-state index contributed by atoms with van der Waals surface area (Å²) >= 11 is 0. The quantitative estimate of drug-likeness (QED) is 0.675. The molecule has 1 aromatic carbocycles. The molecule has 4 rings (SSSR count). The van der Waals surface area contributed by atoms with Crippen molar-refractivity contribution in [3.63, 3.8) is 0 Å². The highest BCUT2D eigenvalue weighted by Gasteiger charge is 2.52. The fourth-order valence-corrected chi connectivity index (χ4v) is 4.20. The lowest BCUT2D eigenvalue weighted by atomic mass is 9.75. The second-order valence-corrected chi connectivity index (χ2v) is 9.31. The number of aliphatic hydroxyl groups excluding tert-OH is 1. The molecule has 6 nitrogen and oxygen atoms in total. The van der Waals surface area contributed by atoms with Gasteiger partial charge in [0.15, 0.2) is 0 Å². The summed E-state index contributed by atoms with van der Waals surface area (Å²) in [4.78, 5) is 3.93. The molecule has 0 saturated carbocycles. The van der Waals surface area contributed by atoms with Gasteiger partial charge in [-0.25, -0.2) is 0 Å². The van der Waals surface area contributed by atoms with E-state index in [-0.39, 0.29) is 11.4 Å². The Balaban J connectivity index is 1.68. The van der Waals surface area contributed by atoms with Gasteiger partial charge in [-0.3, -0.25) is 0 Å². The Kier molecular flexibility index (Phi) is 5.91. The molecule has 1 unspecified atom stereocenters. The first-order valence-corrected chi connectivity index (χ1v) is 10.8. The molecular formula is C23H27BF3NO5. The maximum absolute atomic E-state index is 13.7. The molecule has 2 aromatic rings. The lowest BCUT2D eigenvalue weighted by Crippen LogP contribution is -2.41. The van der Waals surface area contributed by atoms with Gasteiger partial charge in [-0.05, 0) is 63.2 Å². The third-order valence-electron chi connectivity index (χ3n) is 6.71. The average molecular weight is 465 g/mol. The van der Waals surface area contributed by atoms with Crippen LogP contribution in [0.4, 0.5) is 13.2 Å². The van der Waals surface area contributed by atoms with Crippen molar-refractivity contribution in [1.82, 2.24) is 4.98 Å². The van der Waals surface area contributed by atoms with E-state index in [9.17, 15) is 18.3 Å². The largest absolute Gasteiger partial charge is 0.495 e. The molecule has 33 heavy (non-hydrogen) atoms. The SMILES string of the molecule is COc1nc(OC2CCc3c(B4OC(C)(C)C(C)(C)O4)cccc32)c(C(F)(F)F)cc1CO.